The fourth-order valence-electron chi connectivity index (χ4n) is 2.42. The molecule has 7 heteroatoms. The van der Waals surface area contributed by atoms with Gasteiger partial charge in [-0.25, -0.2) is 4.98 Å². The van der Waals surface area contributed by atoms with Gasteiger partial charge in [0.1, 0.15) is 6.26 Å². The average molecular weight is 289 g/mol. The molecule has 2 aromatic rings. The van der Waals surface area contributed by atoms with Gasteiger partial charge in [0.15, 0.2) is 0 Å². The first-order valence-electron chi connectivity index (χ1n) is 6.71. The predicted octanol–water partition coefficient (Wildman–Crippen LogP) is 1.82. The highest BCUT2D eigenvalue weighted by Crippen LogP contribution is 2.22. The minimum absolute atomic E-state index is 0.0385. The summed E-state index contributed by atoms with van der Waals surface area (Å²) in [5.74, 6) is 0.444. The highest BCUT2D eigenvalue weighted by molar-refractivity contribution is 5.55. The molecule has 1 fully saturated rings. The molecule has 1 aliphatic rings. The number of oxazole rings is 1. The Balaban J connectivity index is 1.70. The van der Waals surface area contributed by atoms with Crippen LogP contribution in [-0.2, 0) is 6.54 Å². The monoisotopic (exact) mass is 289 g/mol. The number of aliphatic hydroxyl groups excluding tert-OH is 1. The van der Waals surface area contributed by atoms with E-state index in [1.54, 1.807) is 18.4 Å². The maximum absolute atomic E-state index is 10.6. The maximum atomic E-state index is 10.6. The van der Waals surface area contributed by atoms with Gasteiger partial charge in [-0.2, -0.15) is 0 Å². The largest absolute Gasteiger partial charge is 0.444 e. The van der Waals surface area contributed by atoms with Crippen molar-refractivity contribution in [2.24, 2.45) is 0 Å². The number of hydrogen-bond donors (Lipinski definition) is 1. The lowest BCUT2D eigenvalue weighted by Crippen LogP contribution is -2.21. The van der Waals surface area contributed by atoms with E-state index in [0.29, 0.717) is 24.5 Å². The van der Waals surface area contributed by atoms with E-state index in [0.717, 1.165) is 18.7 Å². The SMILES string of the molecule is O=[N+]([O-])c1ccc(-c2nc(CN3CC[C@H](O)C3)co2)cc1. The Morgan fingerprint density at radius 1 is 1.43 bits per heavy atom. The first-order chi connectivity index (χ1) is 10.1. The van der Waals surface area contributed by atoms with Crippen LogP contribution >= 0.6 is 0 Å². The molecule has 0 spiro atoms. The Morgan fingerprint density at radius 2 is 2.19 bits per heavy atom. The van der Waals surface area contributed by atoms with Gasteiger partial charge in [0, 0.05) is 37.3 Å². The minimum Gasteiger partial charge on any atom is -0.444 e. The summed E-state index contributed by atoms with van der Waals surface area (Å²) in [4.78, 5) is 16.7. The molecule has 0 bridgehead atoms. The molecule has 1 aliphatic heterocycles. The molecule has 0 radical (unpaired) electrons. The van der Waals surface area contributed by atoms with Crippen LogP contribution in [0, 0.1) is 10.1 Å². The van der Waals surface area contributed by atoms with Gasteiger partial charge in [-0.05, 0) is 18.6 Å². The molecule has 7 nitrogen and oxygen atoms in total. The molecule has 0 aliphatic carbocycles. The number of β-amino-alcohol motifs (C(OH)–C–C–N with tert-alkyl or cyclic N) is 1. The zero-order valence-electron chi connectivity index (χ0n) is 11.3. The predicted molar refractivity (Wildman–Crippen MR) is 74.5 cm³/mol. The lowest BCUT2D eigenvalue weighted by Gasteiger charge is -2.11. The van der Waals surface area contributed by atoms with Crippen molar-refractivity contribution < 1.29 is 14.4 Å². The molecule has 1 aromatic carbocycles. The molecular weight excluding hydrogens is 274 g/mol. The van der Waals surface area contributed by atoms with E-state index in [-0.39, 0.29) is 11.8 Å². The van der Waals surface area contributed by atoms with Gasteiger partial charge in [-0.1, -0.05) is 0 Å². The van der Waals surface area contributed by atoms with Crippen LogP contribution in [-0.4, -0.2) is 39.1 Å². The Kier molecular flexibility index (Phi) is 3.68. The molecule has 0 saturated carbocycles. The maximum Gasteiger partial charge on any atom is 0.269 e. The summed E-state index contributed by atoms with van der Waals surface area (Å²) < 4.78 is 5.42. The van der Waals surface area contributed by atoms with Crippen LogP contribution in [0.3, 0.4) is 0 Å². The normalized spacial score (nSPS) is 19.0. The summed E-state index contributed by atoms with van der Waals surface area (Å²) in [6.07, 6.45) is 2.11. The second kappa shape index (κ2) is 5.63. The smallest absolute Gasteiger partial charge is 0.269 e. The number of nitro groups is 1. The summed E-state index contributed by atoms with van der Waals surface area (Å²) in [6.45, 7) is 2.13. The van der Waals surface area contributed by atoms with Crippen LogP contribution in [0.4, 0.5) is 5.69 Å². The van der Waals surface area contributed by atoms with E-state index in [9.17, 15) is 15.2 Å². The van der Waals surface area contributed by atoms with Crippen LogP contribution in [0.5, 0.6) is 0 Å². The summed E-state index contributed by atoms with van der Waals surface area (Å²) in [6, 6.07) is 6.09. The van der Waals surface area contributed by atoms with E-state index in [1.807, 2.05) is 0 Å². The minimum atomic E-state index is -0.441. The van der Waals surface area contributed by atoms with Crippen LogP contribution in [0.1, 0.15) is 12.1 Å². The third-order valence-corrected chi connectivity index (χ3v) is 3.51. The van der Waals surface area contributed by atoms with Gasteiger partial charge < -0.3 is 9.52 Å². The summed E-state index contributed by atoms with van der Waals surface area (Å²) in [5.41, 5.74) is 1.53. The molecule has 1 saturated heterocycles. The highest BCUT2D eigenvalue weighted by atomic mass is 16.6. The number of aromatic nitrogens is 1. The topological polar surface area (TPSA) is 92.6 Å². The second-order valence-corrected chi connectivity index (χ2v) is 5.13. The van der Waals surface area contributed by atoms with Crippen molar-refractivity contribution in [1.29, 1.82) is 0 Å². The van der Waals surface area contributed by atoms with Gasteiger partial charge in [-0.3, -0.25) is 15.0 Å². The molecule has 0 amide bonds. The van der Waals surface area contributed by atoms with Gasteiger partial charge >= 0.3 is 0 Å². The fourth-order valence-corrected chi connectivity index (χ4v) is 2.42. The summed E-state index contributed by atoms with van der Waals surface area (Å²) in [7, 11) is 0. The van der Waals surface area contributed by atoms with E-state index < -0.39 is 4.92 Å². The third kappa shape index (κ3) is 3.09. The molecule has 1 aromatic heterocycles. The first kappa shape index (κ1) is 13.7. The average Bonchev–Trinajstić information content (AvgIpc) is 3.09. The van der Waals surface area contributed by atoms with Crippen molar-refractivity contribution in [2.45, 2.75) is 19.1 Å². The van der Waals surface area contributed by atoms with E-state index >= 15 is 0 Å². The Hall–Kier alpha value is -2.25. The number of nitrogens with zero attached hydrogens (tertiary/aromatic N) is 3. The molecule has 21 heavy (non-hydrogen) atoms. The Labute approximate surface area is 121 Å². The lowest BCUT2D eigenvalue weighted by atomic mass is 10.2. The van der Waals surface area contributed by atoms with E-state index in [4.69, 9.17) is 4.42 Å². The molecule has 1 N–H and O–H groups in total. The van der Waals surface area contributed by atoms with Crippen LogP contribution in [0.15, 0.2) is 34.9 Å². The van der Waals surface area contributed by atoms with Crippen molar-refractivity contribution in [3.05, 3.63) is 46.3 Å². The van der Waals surface area contributed by atoms with Crippen molar-refractivity contribution in [1.82, 2.24) is 9.88 Å². The molecule has 2 heterocycles. The molecule has 1 atom stereocenters. The lowest BCUT2D eigenvalue weighted by molar-refractivity contribution is -0.384. The standard InChI is InChI=1S/C14H15N3O4/c18-13-5-6-16(8-13)7-11-9-21-14(15-11)10-1-3-12(4-2-10)17(19)20/h1-4,9,13,18H,5-8H2/t13-/m0/s1. The second-order valence-electron chi connectivity index (χ2n) is 5.13. The zero-order valence-corrected chi connectivity index (χ0v) is 11.3. The Morgan fingerprint density at radius 3 is 2.81 bits per heavy atom. The van der Waals surface area contributed by atoms with E-state index in [1.165, 1.54) is 12.1 Å². The van der Waals surface area contributed by atoms with Crippen molar-refractivity contribution >= 4 is 5.69 Å². The van der Waals surface area contributed by atoms with Crippen molar-refractivity contribution in [2.75, 3.05) is 13.1 Å². The summed E-state index contributed by atoms with van der Waals surface area (Å²) >= 11 is 0. The van der Waals surface area contributed by atoms with Gasteiger partial charge in [-0.15, -0.1) is 0 Å². The first-order valence-corrected chi connectivity index (χ1v) is 6.71. The quantitative estimate of drug-likeness (QED) is 0.681. The zero-order chi connectivity index (χ0) is 14.8. The van der Waals surface area contributed by atoms with Crippen molar-refractivity contribution in [3.8, 4) is 11.5 Å². The van der Waals surface area contributed by atoms with Crippen LogP contribution in [0.2, 0.25) is 0 Å². The number of benzene rings is 1. The number of rotatable bonds is 4. The van der Waals surface area contributed by atoms with Gasteiger partial charge in [0.05, 0.1) is 16.7 Å². The van der Waals surface area contributed by atoms with Crippen LogP contribution < -0.4 is 0 Å². The van der Waals surface area contributed by atoms with Gasteiger partial charge in [0.25, 0.3) is 5.69 Å². The van der Waals surface area contributed by atoms with Crippen molar-refractivity contribution in [3.63, 3.8) is 0 Å². The third-order valence-electron chi connectivity index (χ3n) is 3.51. The van der Waals surface area contributed by atoms with Gasteiger partial charge in [0.2, 0.25) is 5.89 Å². The van der Waals surface area contributed by atoms with Crippen LogP contribution in [0.25, 0.3) is 11.5 Å². The Bertz CT molecular complexity index is 638. The number of likely N-dealkylation sites (tertiary alicyclic amines) is 1. The summed E-state index contributed by atoms with van der Waals surface area (Å²) in [5, 5.41) is 20.1. The molecule has 3 rings (SSSR count). The number of nitro benzene ring substituents is 1. The van der Waals surface area contributed by atoms with E-state index in [2.05, 4.69) is 9.88 Å². The molecular formula is C14H15N3O4. The number of aliphatic hydroxyl groups is 1. The highest BCUT2D eigenvalue weighted by Gasteiger charge is 2.21. The number of non-ortho nitro benzene ring substituents is 1. The fraction of sp³-hybridized carbons (Fsp3) is 0.357. The number of hydrogen-bond acceptors (Lipinski definition) is 6. The molecule has 110 valence electrons. The molecule has 0 unspecified atom stereocenters.